The van der Waals surface area contributed by atoms with Crippen molar-refractivity contribution in [1.29, 1.82) is 0 Å². The van der Waals surface area contributed by atoms with Crippen LogP contribution in [0.3, 0.4) is 0 Å². The molecule has 0 aromatic heterocycles. The van der Waals surface area contributed by atoms with Gasteiger partial charge in [0.25, 0.3) is 0 Å². The average molecular weight is 240 g/mol. The molecule has 0 aromatic rings. The summed E-state index contributed by atoms with van der Waals surface area (Å²) in [4.78, 5) is 47.5. The van der Waals surface area contributed by atoms with Crippen LogP contribution in [0.15, 0.2) is 4.99 Å². The summed E-state index contributed by atoms with van der Waals surface area (Å²) in [6.07, 6.45) is 1.15. The molecule has 8 nitrogen and oxygen atoms in total. The van der Waals surface area contributed by atoms with Gasteiger partial charge in [-0.1, -0.05) is 0 Å². The number of carbonyl (C=O) groups excluding carboxylic acids is 4. The highest BCUT2D eigenvalue weighted by Gasteiger charge is 2.32. The fourth-order valence-electron chi connectivity index (χ4n) is 1.14. The van der Waals surface area contributed by atoms with E-state index in [4.69, 9.17) is 0 Å². The van der Waals surface area contributed by atoms with Gasteiger partial charge in [-0.2, -0.15) is 0 Å². The van der Waals surface area contributed by atoms with Crippen LogP contribution in [-0.2, 0) is 14.4 Å². The number of hydrogen-bond donors (Lipinski definition) is 3. The van der Waals surface area contributed by atoms with Crippen molar-refractivity contribution in [2.75, 3.05) is 13.1 Å². The van der Waals surface area contributed by atoms with Crippen molar-refractivity contribution in [2.45, 2.75) is 6.92 Å². The molecule has 1 aliphatic rings. The largest absolute Gasteiger partial charge is 0.354 e. The minimum Gasteiger partial charge on any atom is -0.354 e. The molecule has 17 heavy (non-hydrogen) atoms. The number of imide groups is 2. The number of rotatable bonds is 4. The van der Waals surface area contributed by atoms with E-state index in [1.807, 2.05) is 10.6 Å². The lowest BCUT2D eigenvalue weighted by atomic mass is 10.1. The van der Waals surface area contributed by atoms with E-state index in [0.717, 1.165) is 6.21 Å². The molecule has 1 heterocycles. The van der Waals surface area contributed by atoms with Crippen LogP contribution in [-0.4, -0.2) is 43.1 Å². The molecular weight excluding hydrogens is 228 g/mol. The maximum atomic E-state index is 11.2. The van der Waals surface area contributed by atoms with Crippen LogP contribution in [0.1, 0.15) is 6.92 Å². The quantitative estimate of drug-likeness (QED) is 0.304. The summed E-state index contributed by atoms with van der Waals surface area (Å²) in [5.41, 5.74) is 0. The lowest BCUT2D eigenvalue weighted by Gasteiger charge is -2.16. The second kappa shape index (κ2) is 5.73. The van der Waals surface area contributed by atoms with E-state index in [1.165, 1.54) is 6.92 Å². The first-order valence-electron chi connectivity index (χ1n) is 4.91. The zero-order chi connectivity index (χ0) is 12.8. The van der Waals surface area contributed by atoms with Gasteiger partial charge in [0.15, 0.2) is 5.92 Å². The summed E-state index contributed by atoms with van der Waals surface area (Å²) in [6, 6.07) is -0.831. The number of nitrogens with zero attached hydrogens (tertiary/aromatic N) is 1. The highest BCUT2D eigenvalue weighted by Crippen LogP contribution is 1.98. The smallest absolute Gasteiger partial charge is 0.328 e. The summed E-state index contributed by atoms with van der Waals surface area (Å²) in [5, 5.41) is 6.40. The maximum absolute atomic E-state index is 11.2. The second-order valence-corrected chi connectivity index (χ2v) is 3.32. The Bertz CT molecular complexity index is 370. The van der Waals surface area contributed by atoms with Gasteiger partial charge in [-0.3, -0.25) is 30.0 Å². The molecule has 92 valence electrons. The minimum atomic E-state index is -1.11. The van der Waals surface area contributed by atoms with Gasteiger partial charge in [0, 0.05) is 19.7 Å². The van der Waals surface area contributed by atoms with Gasteiger partial charge in [0.05, 0.1) is 6.54 Å². The van der Waals surface area contributed by atoms with E-state index < -0.39 is 23.8 Å². The third kappa shape index (κ3) is 4.01. The fraction of sp³-hybridized carbons (Fsp3) is 0.444. The molecule has 0 aliphatic carbocycles. The number of nitrogens with one attached hydrogen (secondary N) is 3. The van der Waals surface area contributed by atoms with Crippen molar-refractivity contribution >= 4 is 30.0 Å². The van der Waals surface area contributed by atoms with E-state index >= 15 is 0 Å². The van der Waals surface area contributed by atoms with E-state index in [-0.39, 0.29) is 12.5 Å². The first-order valence-corrected chi connectivity index (χ1v) is 4.91. The number of barbiturate groups is 1. The minimum absolute atomic E-state index is 0.182. The Hall–Kier alpha value is -2.25. The maximum Gasteiger partial charge on any atom is 0.328 e. The van der Waals surface area contributed by atoms with Crippen LogP contribution in [0.5, 0.6) is 0 Å². The van der Waals surface area contributed by atoms with Crippen molar-refractivity contribution in [3.63, 3.8) is 0 Å². The lowest BCUT2D eigenvalue weighted by Crippen LogP contribution is -2.56. The van der Waals surface area contributed by atoms with Crippen LogP contribution < -0.4 is 16.0 Å². The highest BCUT2D eigenvalue weighted by atomic mass is 16.2. The summed E-state index contributed by atoms with van der Waals surface area (Å²) in [5.74, 6) is -2.70. The molecule has 0 radical (unpaired) electrons. The van der Waals surface area contributed by atoms with Gasteiger partial charge in [-0.25, -0.2) is 4.79 Å². The van der Waals surface area contributed by atoms with Crippen LogP contribution in [0.4, 0.5) is 4.79 Å². The van der Waals surface area contributed by atoms with Gasteiger partial charge < -0.3 is 5.32 Å². The van der Waals surface area contributed by atoms with Crippen molar-refractivity contribution in [1.82, 2.24) is 16.0 Å². The number of hydrogen-bond acceptors (Lipinski definition) is 5. The van der Waals surface area contributed by atoms with Crippen LogP contribution in [0, 0.1) is 5.92 Å². The van der Waals surface area contributed by atoms with Crippen LogP contribution in [0.25, 0.3) is 0 Å². The molecular formula is C9H12N4O4. The van der Waals surface area contributed by atoms with Crippen molar-refractivity contribution in [2.24, 2.45) is 10.9 Å². The van der Waals surface area contributed by atoms with Crippen molar-refractivity contribution in [3.05, 3.63) is 0 Å². The predicted octanol–water partition coefficient (Wildman–Crippen LogP) is -1.82. The molecule has 5 amide bonds. The zero-order valence-corrected chi connectivity index (χ0v) is 9.15. The molecule has 1 aliphatic heterocycles. The van der Waals surface area contributed by atoms with Crippen LogP contribution >= 0.6 is 0 Å². The summed E-state index contributed by atoms with van der Waals surface area (Å²) in [7, 11) is 0. The molecule has 0 atom stereocenters. The zero-order valence-electron chi connectivity index (χ0n) is 9.15. The Kier molecular flexibility index (Phi) is 4.32. The number of amides is 5. The summed E-state index contributed by atoms with van der Waals surface area (Å²) in [6.45, 7) is 1.95. The van der Waals surface area contributed by atoms with E-state index in [0.29, 0.717) is 6.54 Å². The van der Waals surface area contributed by atoms with Crippen LogP contribution in [0.2, 0.25) is 0 Å². The highest BCUT2D eigenvalue weighted by molar-refractivity contribution is 6.23. The van der Waals surface area contributed by atoms with Gasteiger partial charge in [-0.05, 0) is 0 Å². The molecule has 0 aromatic carbocycles. The third-order valence-corrected chi connectivity index (χ3v) is 1.91. The summed E-state index contributed by atoms with van der Waals surface area (Å²) < 4.78 is 0. The summed E-state index contributed by atoms with van der Waals surface area (Å²) >= 11 is 0. The van der Waals surface area contributed by atoms with Crippen molar-refractivity contribution < 1.29 is 19.2 Å². The number of carbonyl (C=O) groups is 4. The Labute approximate surface area is 96.8 Å². The second-order valence-electron chi connectivity index (χ2n) is 3.32. The Morgan fingerprint density at radius 2 is 1.94 bits per heavy atom. The molecule has 3 N–H and O–H groups in total. The molecule has 1 saturated heterocycles. The molecule has 8 heteroatoms. The Morgan fingerprint density at radius 3 is 2.47 bits per heavy atom. The van der Waals surface area contributed by atoms with Gasteiger partial charge in [-0.15, -0.1) is 0 Å². The topological polar surface area (TPSA) is 117 Å². The molecule has 0 saturated carbocycles. The molecule has 0 spiro atoms. The lowest BCUT2D eigenvalue weighted by molar-refractivity contribution is -0.132. The van der Waals surface area contributed by atoms with E-state index in [9.17, 15) is 19.2 Å². The standard InChI is InChI=1S/C9H12N4O4/c1-5(14)11-3-2-10-4-6-7(15)12-9(17)13-8(6)16/h4,6H,2-3H2,1H3,(H,11,14)(H2,12,13,15,16,17). The Morgan fingerprint density at radius 1 is 1.35 bits per heavy atom. The number of urea groups is 1. The van der Waals surface area contributed by atoms with E-state index in [2.05, 4.69) is 10.3 Å². The first kappa shape index (κ1) is 12.8. The predicted molar refractivity (Wildman–Crippen MR) is 57.2 cm³/mol. The molecule has 1 rings (SSSR count). The SMILES string of the molecule is CC(=O)NCCN=CC1C(=O)NC(=O)NC1=O. The first-order chi connectivity index (χ1) is 8.00. The normalized spacial score (nSPS) is 16.9. The fourth-order valence-corrected chi connectivity index (χ4v) is 1.14. The molecule has 1 fully saturated rings. The average Bonchev–Trinajstić information content (AvgIpc) is 2.20. The Balaban J connectivity index is 2.42. The van der Waals surface area contributed by atoms with Crippen molar-refractivity contribution in [3.8, 4) is 0 Å². The third-order valence-electron chi connectivity index (χ3n) is 1.91. The number of aliphatic imine (C=N–C) groups is 1. The molecule has 0 bridgehead atoms. The van der Waals surface area contributed by atoms with Gasteiger partial charge in [0.2, 0.25) is 17.7 Å². The van der Waals surface area contributed by atoms with Gasteiger partial charge >= 0.3 is 6.03 Å². The van der Waals surface area contributed by atoms with E-state index in [1.54, 1.807) is 0 Å². The van der Waals surface area contributed by atoms with Gasteiger partial charge in [0.1, 0.15) is 0 Å². The molecule has 0 unspecified atom stereocenters. The monoisotopic (exact) mass is 240 g/mol.